The largest absolute Gasteiger partial charge is 0.417 e. The molecule has 0 bridgehead atoms. The average Bonchev–Trinajstić information content (AvgIpc) is 3.02. The van der Waals surface area contributed by atoms with E-state index < -0.39 is 17.6 Å². The van der Waals surface area contributed by atoms with E-state index in [0.717, 1.165) is 12.3 Å². The monoisotopic (exact) mass is 414 g/mol. The lowest BCUT2D eigenvalue weighted by molar-refractivity contribution is -0.137. The molecule has 0 aliphatic carbocycles. The number of carbonyl (C=O) groups excluding carboxylic acids is 1. The Kier molecular flexibility index (Phi) is 5.38. The van der Waals surface area contributed by atoms with Crippen molar-refractivity contribution in [2.45, 2.75) is 12.7 Å². The van der Waals surface area contributed by atoms with Gasteiger partial charge in [0.2, 0.25) is 5.91 Å². The van der Waals surface area contributed by atoms with Gasteiger partial charge >= 0.3 is 6.18 Å². The Morgan fingerprint density at radius 3 is 2.63 bits per heavy atom. The van der Waals surface area contributed by atoms with Crippen LogP contribution in [0, 0.1) is 0 Å². The van der Waals surface area contributed by atoms with Crippen LogP contribution in [0.25, 0.3) is 11.7 Å². The second-order valence-corrected chi connectivity index (χ2v) is 6.30. The number of pyridine rings is 1. The van der Waals surface area contributed by atoms with Crippen LogP contribution in [0.5, 0.6) is 0 Å². The summed E-state index contributed by atoms with van der Waals surface area (Å²) in [6, 6.07) is 7.01. The zero-order valence-electron chi connectivity index (χ0n) is 13.5. The summed E-state index contributed by atoms with van der Waals surface area (Å²) in [5.74, 6) is -0.280. The molecular formula is C17H11Cl2F3N4O. The number of carbonyl (C=O) groups is 1. The van der Waals surface area contributed by atoms with Crippen LogP contribution in [0.4, 0.5) is 13.2 Å². The lowest BCUT2D eigenvalue weighted by atomic mass is 10.2. The molecule has 0 saturated carbocycles. The first kappa shape index (κ1) is 19.2. The van der Waals surface area contributed by atoms with Crippen LogP contribution < -0.4 is 5.32 Å². The van der Waals surface area contributed by atoms with Crippen LogP contribution in [-0.4, -0.2) is 20.5 Å². The first-order valence-corrected chi connectivity index (χ1v) is 8.31. The first-order chi connectivity index (χ1) is 12.7. The summed E-state index contributed by atoms with van der Waals surface area (Å²) in [4.78, 5) is 11.9. The molecule has 1 N–H and O–H groups in total. The van der Waals surface area contributed by atoms with Gasteiger partial charge in [0, 0.05) is 12.3 Å². The molecule has 0 saturated heterocycles. The lowest BCUT2D eigenvalue weighted by Crippen LogP contribution is -2.21. The molecule has 0 atom stereocenters. The van der Waals surface area contributed by atoms with Gasteiger partial charge in [-0.1, -0.05) is 29.3 Å². The molecule has 2 aromatic heterocycles. The van der Waals surface area contributed by atoms with Crippen molar-refractivity contribution in [3.05, 3.63) is 69.6 Å². The molecule has 0 aliphatic heterocycles. The number of fused-ring (bicyclic) bond motifs is 1. The summed E-state index contributed by atoms with van der Waals surface area (Å²) in [6.07, 6.45) is -0.797. The SMILES string of the molecule is O=C(/C=C/c1ccc(Cl)c(Cl)c1)NCc1nnc2ccc(C(F)(F)F)cn12. The van der Waals surface area contributed by atoms with Crippen LogP contribution in [0.3, 0.4) is 0 Å². The molecule has 3 rings (SSSR count). The van der Waals surface area contributed by atoms with Gasteiger partial charge in [-0.15, -0.1) is 10.2 Å². The van der Waals surface area contributed by atoms with E-state index in [1.54, 1.807) is 18.2 Å². The Labute approximate surface area is 161 Å². The number of rotatable bonds is 4. The van der Waals surface area contributed by atoms with E-state index in [1.165, 1.54) is 22.6 Å². The Balaban J connectivity index is 1.69. The number of hydrogen-bond acceptors (Lipinski definition) is 3. The maximum absolute atomic E-state index is 12.8. The number of benzene rings is 1. The molecule has 1 aromatic carbocycles. The molecule has 3 aromatic rings. The highest BCUT2D eigenvalue weighted by atomic mass is 35.5. The normalized spacial score (nSPS) is 12.0. The van der Waals surface area contributed by atoms with Gasteiger partial charge in [-0.05, 0) is 35.9 Å². The summed E-state index contributed by atoms with van der Waals surface area (Å²) >= 11 is 11.7. The fourth-order valence-electron chi connectivity index (χ4n) is 2.24. The predicted octanol–water partition coefficient (Wildman–Crippen LogP) is 4.38. The van der Waals surface area contributed by atoms with Crippen molar-refractivity contribution in [1.29, 1.82) is 0 Å². The number of nitrogens with one attached hydrogen (secondary N) is 1. The van der Waals surface area contributed by atoms with Crippen LogP contribution in [0.1, 0.15) is 17.0 Å². The minimum absolute atomic E-state index is 0.0903. The second kappa shape index (κ2) is 7.58. The van der Waals surface area contributed by atoms with E-state index >= 15 is 0 Å². The Hall–Kier alpha value is -2.58. The average molecular weight is 415 g/mol. The molecule has 10 heteroatoms. The number of alkyl halides is 3. The van der Waals surface area contributed by atoms with Crippen molar-refractivity contribution in [2.75, 3.05) is 0 Å². The van der Waals surface area contributed by atoms with Crippen LogP contribution in [0.15, 0.2) is 42.6 Å². The van der Waals surface area contributed by atoms with E-state index in [9.17, 15) is 18.0 Å². The Bertz CT molecular complexity index is 1030. The molecule has 0 unspecified atom stereocenters. The first-order valence-electron chi connectivity index (χ1n) is 7.56. The maximum atomic E-state index is 12.8. The van der Waals surface area contributed by atoms with Gasteiger partial charge in [-0.25, -0.2) is 0 Å². The molecular weight excluding hydrogens is 404 g/mol. The zero-order chi connectivity index (χ0) is 19.6. The highest BCUT2D eigenvalue weighted by molar-refractivity contribution is 6.42. The molecule has 0 aliphatic rings. The minimum Gasteiger partial charge on any atom is -0.345 e. The summed E-state index contributed by atoms with van der Waals surface area (Å²) in [5.41, 5.74) is 0.0859. The number of amides is 1. The van der Waals surface area contributed by atoms with E-state index in [0.29, 0.717) is 15.6 Å². The van der Waals surface area contributed by atoms with Crippen LogP contribution in [0.2, 0.25) is 10.0 Å². The summed E-state index contributed by atoms with van der Waals surface area (Å²) in [5, 5.41) is 10.9. The summed E-state index contributed by atoms with van der Waals surface area (Å²) in [6.45, 7) is -0.0903. The van der Waals surface area contributed by atoms with E-state index in [2.05, 4.69) is 15.5 Å². The molecule has 1 amide bonds. The molecule has 0 radical (unpaired) electrons. The molecule has 2 heterocycles. The standard InChI is InChI=1S/C17H11Cl2F3N4O/c18-12-4-1-10(7-13(12)19)2-6-16(27)23-8-15-25-24-14-5-3-11(9-26(14)15)17(20,21)22/h1-7,9H,8H2,(H,23,27)/b6-2+. The summed E-state index contributed by atoms with van der Waals surface area (Å²) in [7, 11) is 0. The third-order valence-electron chi connectivity index (χ3n) is 3.59. The van der Waals surface area contributed by atoms with Crippen LogP contribution >= 0.6 is 23.2 Å². The van der Waals surface area contributed by atoms with Gasteiger partial charge in [0.15, 0.2) is 11.5 Å². The Morgan fingerprint density at radius 2 is 1.93 bits per heavy atom. The number of nitrogens with zero attached hydrogens (tertiary/aromatic N) is 3. The van der Waals surface area contributed by atoms with Crippen molar-refractivity contribution < 1.29 is 18.0 Å². The van der Waals surface area contributed by atoms with Gasteiger partial charge in [0.1, 0.15) is 0 Å². The van der Waals surface area contributed by atoms with Crippen molar-refractivity contribution in [2.24, 2.45) is 0 Å². The van der Waals surface area contributed by atoms with Crippen molar-refractivity contribution in [1.82, 2.24) is 19.9 Å². The van der Waals surface area contributed by atoms with Gasteiger partial charge in [-0.2, -0.15) is 13.2 Å². The number of aromatic nitrogens is 3. The molecule has 140 valence electrons. The fraction of sp³-hybridized carbons (Fsp3) is 0.118. The fourth-order valence-corrected chi connectivity index (χ4v) is 2.55. The molecule has 0 spiro atoms. The van der Waals surface area contributed by atoms with Gasteiger partial charge in [0.05, 0.1) is 22.2 Å². The summed E-state index contributed by atoms with van der Waals surface area (Å²) < 4.78 is 39.7. The highest BCUT2D eigenvalue weighted by Crippen LogP contribution is 2.29. The van der Waals surface area contributed by atoms with E-state index in [4.69, 9.17) is 23.2 Å². The lowest BCUT2D eigenvalue weighted by Gasteiger charge is -2.07. The highest BCUT2D eigenvalue weighted by Gasteiger charge is 2.31. The number of hydrogen-bond donors (Lipinski definition) is 1. The maximum Gasteiger partial charge on any atom is 0.417 e. The quantitative estimate of drug-likeness (QED) is 0.644. The van der Waals surface area contributed by atoms with Crippen molar-refractivity contribution in [3.8, 4) is 0 Å². The number of halogens is 5. The molecule has 0 fully saturated rings. The van der Waals surface area contributed by atoms with Gasteiger partial charge < -0.3 is 5.32 Å². The minimum atomic E-state index is -4.48. The molecule has 27 heavy (non-hydrogen) atoms. The van der Waals surface area contributed by atoms with Crippen LogP contribution in [-0.2, 0) is 17.5 Å². The van der Waals surface area contributed by atoms with Crippen molar-refractivity contribution >= 4 is 40.8 Å². The van der Waals surface area contributed by atoms with E-state index in [-0.39, 0.29) is 18.0 Å². The molecule has 5 nitrogen and oxygen atoms in total. The van der Waals surface area contributed by atoms with E-state index in [1.807, 2.05) is 0 Å². The second-order valence-electron chi connectivity index (χ2n) is 5.48. The Morgan fingerprint density at radius 1 is 1.15 bits per heavy atom. The zero-order valence-corrected chi connectivity index (χ0v) is 15.0. The third-order valence-corrected chi connectivity index (χ3v) is 4.33. The predicted molar refractivity (Wildman–Crippen MR) is 95.3 cm³/mol. The van der Waals surface area contributed by atoms with Crippen molar-refractivity contribution in [3.63, 3.8) is 0 Å². The topological polar surface area (TPSA) is 59.3 Å². The van der Waals surface area contributed by atoms with Gasteiger partial charge in [0.25, 0.3) is 0 Å². The third kappa shape index (κ3) is 4.58. The van der Waals surface area contributed by atoms with Gasteiger partial charge in [-0.3, -0.25) is 9.20 Å². The smallest absolute Gasteiger partial charge is 0.345 e.